The topological polar surface area (TPSA) is 72.8 Å². The van der Waals surface area contributed by atoms with Crippen LogP contribution in [0.5, 0.6) is 0 Å². The molecule has 0 aromatic heterocycles. The summed E-state index contributed by atoms with van der Waals surface area (Å²) in [7, 11) is 0. The summed E-state index contributed by atoms with van der Waals surface area (Å²) in [6.45, 7) is 3.94. The third-order valence-corrected chi connectivity index (χ3v) is 13.4. The number of rotatable bonds is 56. The predicted octanol–water partition coefficient (Wildman–Crippen LogP) is 21.1. The van der Waals surface area contributed by atoms with Crippen molar-refractivity contribution in [3.8, 4) is 0 Å². The molecule has 0 aliphatic heterocycles. The highest BCUT2D eigenvalue weighted by molar-refractivity contribution is 5.70. The molecule has 0 saturated carbocycles. The Morgan fingerprint density at radius 1 is 0.319 bits per heavy atom. The summed E-state index contributed by atoms with van der Waals surface area (Å²) in [6, 6.07) is 0. The van der Waals surface area contributed by atoms with Crippen LogP contribution in [0.25, 0.3) is 0 Å². The Morgan fingerprint density at radius 2 is 0.556 bits per heavy atom. The van der Waals surface area contributed by atoms with Gasteiger partial charge in [0, 0.05) is 12.8 Å². The molecule has 1 atom stereocenters. The number of aliphatic hydroxyl groups excluding tert-OH is 1. The first-order valence-corrected chi connectivity index (χ1v) is 30.8. The zero-order valence-electron chi connectivity index (χ0n) is 47.4. The van der Waals surface area contributed by atoms with Gasteiger partial charge in [0.05, 0.1) is 6.61 Å². The van der Waals surface area contributed by atoms with Crippen LogP contribution in [0.15, 0.2) is 97.2 Å². The lowest BCUT2D eigenvalue weighted by Gasteiger charge is -2.15. The number of carbonyl (C=O) groups is 2. The number of esters is 2. The quantitative estimate of drug-likeness (QED) is 0.0373. The molecule has 0 radical (unpaired) electrons. The number of carbonyl (C=O) groups excluding carboxylic acids is 2. The Kier molecular flexibility index (Phi) is 59.4. The van der Waals surface area contributed by atoms with Gasteiger partial charge in [0.25, 0.3) is 0 Å². The molecule has 72 heavy (non-hydrogen) atoms. The van der Waals surface area contributed by atoms with E-state index in [1.807, 2.05) is 0 Å². The van der Waals surface area contributed by atoms with Gasteiger partial charge in [0.2, 0.25) is 0 Å². The number of aliphatic hydroxyl groups is 1. The molecule has 0 aromatic rings. The number of hydrogen-bond donors (Lipinski definition) is 1. The van der Waals surface area contributed by atoms with Gasteiger partial charge in [-0.15, -0.1) is 0 Å². The van der Waals surface area contributed by atoms with Crippen LogP contribution in [-0.4, -0.2) is 36.4 Å². The average molecular weight is 1000 g/mol. The van der Waals surface area contributed by atoms with Crippen LogP contribution in [0, 0.1) is 0 Å². The van der Waals surface area contributed by atoms with Crippen LogP contribution in [-0.2, 0) is 19.1 Å². The van der Waals surface area contributed by atoms with E-state index in [1.165, 1.54) is 180 Å². The molecule has 0 aliphatic carbocycles. The van der Waals surface area contributed by atoms with Crippen LogP contribution in [0.4, 0.5) is 0 Å². The van der Waals surface area contributed by atoms with Gasteiger partial charge in [-0.3, -0.25) is 9.59 Å². The first-order chi connectivity index (χ1) is 35.6. The second-order valence-corrected chi connectivity index (χ2v) is 20.4. The maximum atomic E-state index is 12.3. The molecule has 0 amide bonds. The van der Waals surface area contributed by atoms with Gasteiger partial charge in [-0.25, -0.2) is 0 Å². The van der Waals surface area contributed by atoms with Crippen molar-refractivity contribution in [2.45, 2.75) is 302 Å². The molecule has 0 spiro atoms. The van der Waals surface area contributed by atoms with E-state index in [0.29, 0.717) is 12.8 Å². The van der Waals surface area contributed by atoms with Crippen molar-refractivity contribution in [3.63, 3.8) is 0 Å². The Labute approximate surface area is 447 Å². The lowest BCUT2D eigenvalue weighted by Crippen LogP contribution is -2.28. The molecule has 0 fully saturated rings. The van der Waals surface area contributed by atoms with Crippen molar-refractivity contribution < 1.29 is 24.2 Å². The predicted molar refractivity (Wildman–Crippen MR) is 316 cm³/mol. The van der Waals surface area contributed by atoms with Crippen molar-refractivity contribution in [2.75, 3.05) is 13.2 Å². The molecular weight excluding hydrogens is 885 g/mol. The summed E-state index contributed by atoms with van der Waals surface area (Å²) in [6.07, 6.45) is 88.3. The van der Waals surface area contributed by atoms with E-state index in [9.17, 15) is 14.7 Å². The second kappa shape index (κ2) is 62.1. The van der Waals surface area contributed by atoms with Crippen molar-refractivity contribution in [3.05, 3.63) is 97.2 Å². The van der Waals surface area contributed by atoms with Crippen LogP contribution < -0.4 is 0 Å². The maximum absolute atomic E-state index is 12.3. The summed E-state index contributed by atoms with van der Waals surface area (Å²) < 4.78 is 10.7. The number of ether oxygens (including phenoxy) is 2. The van der Waals surface area contributed by atoms with E-state index in [4.69, 9.17) is 9.47 Å². The van der Waals surface area contributed by atoms with Gasteiger partial charge in [-0.05, 0) is 89.9 Å². The average Bonchev–Trinajstić information content (AvgIpc) is 3.38. The summed E-state index contributed by atoms with van der Waals surface area (Å²) in [5, 5.41) is 9.68. The molecule has 1 N–H and O–H groups in total. The first kappa shape index (κ1) is 68.8. The van der Waals surface area contributed by atoms with E-state index < -0.39 is 6.10 Å². The number of allylic oxidation sites excluding steroid dienone is 16. The molecule has 0 rings (SSSR count). The normalized spacial score (nSPS) is 12.9. The Hall–Kier alpha value is -3.18. The third-order valence-electron chi connectivity index (χ3n) is 13.4. The van der Waals surface area contributed by atoms with Crippen molar-refractivity contribution in [1.29, 1.82) is 0 Å². The molecule has 0 bridgehead atoms. The first-order valence-electron chi connectivity index (χ1n) is 30.8. The lowest BCUT2D eigenvalue weighted by atomic mass is 10.0. The molecule has 0 heterocycles. The Balaban J connectivity index is 3.46. The van der Waals surface area contributed by atoms with E-state index >= 15 is 0 Å². The Morgan fingerprint density at radius 3 is 0.833 bits per heavy atom. The van der Waals surface area contributed by atoms with Gasteiger partial charge < -0.3 is 14.6 Å². The summed E-state index contributed by atoms with van der Waals surface area (Å²) in [5.41, 5.74) is 0. The summed E-state index contributed by atoms with van der Waals surface area (Å²) in [4.78, 5) is 24.6. The lowest BCUT2D eigenvalue weighted by molar-refractivity contribution is -0.161. The molecule has 0 saturated heterocycles. The van der Waals surface area contributed by atoms with Crippen LogP contribution in [0.1, 0.15) is 296 Å². The molecule has 0 aliphatic rings. The monoisotopic (exact) mass is 1000 g/mol. The zero-order valence-corrected chi connectivity index (χ0v) is 47.4. The fraction of sp³-hybridized carbons (Fsp3) is 0.731. The number of hydrogen-bond acceptors (Lipinski definition) is 5. The van der Waals surface area contributed by atoms with Crippen molar-refractivity contribution in [1.82, 2.24) is 0 Å². The summed E-state index contributed by atoms with van der Waals surface area (Å²) in [5.74, 6) is -0.582. The fourth-order valence-electron chi connectivity index (χ4n) is 8.83. The third kappa shape index (κ3) is 59.4. The highest BCUT2D eigenvalue weighted by atomic mass is 16.6. The maximum Gasteiger partial charge on any atom is 0.306 e. The summed E-state index contributed by atoms with van der Waals surface area (Å²) >= 11 is 0. The van der Waals surface area contributed by atoms with Crippen LogP contribution in [0.3, 0.4) is 0 Å². The Bertz CT molecular complexity index is 1360. The minimum absolute atomic E-state index is 0.0664. The molecule has 5 heteroatoms. The van der Waals surface area contributed by atoms with Gasteiger partial charge in [-0.1, -0.05) is 291 Å². The van der Waals surface area contributed by atoms with Gasteiger partial charge in [-0.2, -0.15) is 0 Å². The van der Waals surface area contributed by atoms with Gasteiger partial charge in [0.15, 0.2) is 6.10 Å². The molecule has 0 aromatic carbocycles. The minimum Gasteiger partial charge on any atom is -0.462 e. The molecule has 414 valence electrons. The van der Waals surface area contributed by atoms with E-state index in [0.717, 1.165) is 89.9 Å². The van der Waals surface area contributed by atoms with E-state index in [2.05, 4.69) is 111 Å². The standard InChI is InChI=1S/C67H116O5/c1-3-5-7-9-11-13-15-17-19-21-23-25-27-29-31-33-35-37-39-41-43-45-47-49-51-53-55-57-59-61-66(69)71-64-65(63-68)72-67(70)62-60-58-56-54-52-50-48-46-44-42-40-38-36-34-32-30-28-26-24-22-20-18-16-14-12-10-8-6-4-2/h5-8,11-14,17-20,23-26,65,68H,3-4,9-10,15-16,21-22,27-64H2,1-2H3/b7-5-,8-6-,13-11-,14-12-,19-17-,20-18-,25-23-,26-24-. The zero-order chi connectivity index (χ0) is 52.0. The fourth-order valence-corrected chi connectivity index (χ4v) is 8.83. The highest BCUT2D eigenvalue weighted by Gasteiger charge is 2.16. The van der Waals surface area contributed by atoms with Crippen molar-refractivity contribution in [2.24, 2.45) is 0 Å². The van der Waals surface area contributed by atoms with Gasteiger partial charge >= 0.3 is 11.9 Å². The van der Waals surface area contributed by atoms with Crippen LogP contribution >= 0.6 is 0 Å². The minimum atomic E-state index is -0.776. The van der Waals surface area contributed by atoms with Crippen LogP contribution in [0.2, 0.25) is 0 Å². The molecule has 1 unspecified atom stereocenters. The molecular formula is C67H116O5. The number of unbranched alkanes of at least 4 members (excludes halogenated alkanes) is 32. The SMILES string of the molecule is CC/C=C\C/C=C\C/C=C\C/C=C\CCCCCCCCCCCCCCCCCCC(=O)OCC(CO)OC(=O)CCCCCCCCCCCCCCCCCC/C=C\C/C=C\C/C=C\C/C=C\CC. The highest BCUT2D eigenvalue weighted by Crippen LogP contribution is 2.17. The second-order valence-electron chi connectivity index (χ2n) is 20.4. The largest absolute Gasteiger partial charge is 0.462 e. The van der Waals surface area contributed by atoms with E-state index in [-0.39, 0.29) is 25.2 Å². The van der Waals surface area contributed by atoms with E-state index in [1.54, 1.807) is 0 Å². The van der Waals surface area contributed by atoms with Gasteiger partial charge in [0.1, 0.15) is 6.61 Å². The molecule has 5 nitrogen and oxygen atoms in total. The smallest absolute Gasteiger partial charge is 0.306 e. The van der Waals surface area contributed by atoms with Crippen molar-refractivity contribution >= 4 is 11.9 Å².